The van der Waals surface area contributed by atoms with Gasteiger partial charge in [-0.15, -0.1) is 0 Å². The Bertz CT molecular complexity index is 1030. The number of allylic oxidation sites excluding steroid dienone is 4. The monoisotopic (exact) mass is 562 g/mol. The normalized spacial score (nSPS) is 53.5. The molecule has 218 valence electrons. The Labute approximate surface area is 237 Å². The van der Waals surface area contributed by atoms with Crippen molar-refractivity contribution in [3.8, 4) is 0 Å². The number of ether oxygens (including phenoxy) is 2. The van der Waals surface area contributed by atoms with Gasteiger partial charge in [-0.05, 0) is 98.5 Å². The van der Waals surface area contributed by atoms with Crippen LogP contribution in [0.5, 0.6) is 0 Å². The number of hydrogen-bond acceptors (Lipinski definition) is 8. The standard InChI is InChI=1S/C31H46O7S/c1-29-11-8-19(37-28-27(35)26(34)25(33)24(16-32)38-28)15-18(29)6-7-23-22(29)9-12-30(2)21(10-13-31(23,30)36)17-4-3-5-20(39)14-17/h3-4,14,18-19,21-28,32-36H,5-13,15-16H2,1-2H3/t18-,19+,21-,22+,23-,24-,25-,26+,27-,28?,29+,30-,31+/m1/s1. The molecule has 6 rings (SSSR count). The van der Waals surface area contributed by atoms with E-state index >= 15 is 0 Å². The van der Waals surface area contributed by atoms with E-state index in [0.717, 1.165) is 69.1 Å². The first-order valence-electron chi connectivity index (χ1n) is 15.1. The van der Waals surface area contributed by atoms with Gasteiger partial charge in [0.25, 0.3) is 0 Å². The van der Waals surface area contributed by atoms with Crippen LogP contribution in [0.25, 0.3) is 0 Å². The van der Waals surface area contributed by atoms with E-state index in [9.17, 15) is 25.5 Å². The van der Waals surface area contributed by atoms with Crippen molar-refractivity contribution in [3.63, 3.8) is 0 Å². The number of thiocarbonyl (C=S) groups is 1. The summed E-state index contributed by atoms with van der Waals surface area (Å²) < 4.78 is 11.8. The summed E-state index contributed by atoms with van der Waals surface area (Å²) in [5.41, 5.74) is 0.642. The third-order valence-corrected chi connectivity index (χ3v) is 12.6. The predicted octanol–water partition coefficient (Wildman–Crippen LogP) is 3.20. The molecule has 0 aromatic heterocycles. The Balaban J connectivity index is 1.16. The smallest absolute Gasteiger partial charge is 0.186 e. The molecule has 1 aliphatic heterocycles. The van der Waals surface area contributed by atoms with Gasteiger partial charge in [0.05, 0.1) is 18.3 Å². The molecule has 6 aliphatic rings. The highest BCUT2D eigenvalue weighted by atomic mass is 32.1. The van der Waals surface area contributed by atoms with Gasteiger partial charge in [0.15, 0.2) is 6.29 Å². The highest BCUT2D eigenvalue weighted by molar-refractivity contribution is 7.80. The molecule has 0 aromatic rings. The van der Waals surface area contributed by atoms with Crippen LogP contribution in [-0.4, -0.2) is 79.4 Å². The molecule has 8 heteroatoms. The molecule has 5 N–H and O–H groups in total. The maximum atomic E-state index is 12.5. The largest absolute Gasteiger partial charge is 0.394 e. The topological polar surface area (TPSA) is 120 Å². The van der Waals surface area contributed by atoms with E-state index < -0.39 is 42.9 Å². The van der Waals surface area contributed by atoms with Crippen LogP contribution in [0.2, 0.25) is 0 Å². The van der Waals surface area contributed by atoms with E-state index in [1.165, 1.54) is 5.57 Å². The molecule has 1 unspecified atom stereocenters. The minimum atomic E-state index is -1.42. The van der Waals surface area contributed by atoms with Gasteiger partial charge in [-0.3, -0.25) is 0 Å². The average molecular weight is 563 g/mol. The number of rotatable bonds is 4. The Kier molecular flexibility index (Phi) is 7.45. The lowest BCUT2D eigenvalue weighted by Crippen LogP contribution is -2.63. The number of hydrogen-bond donors (Lipinski definition) is 5. The molecule has 5 aliphatic carbocycles. The summed E-state index contributed by atoms with van der Waals surface area (Å²) in [6.07, 6.45) is 9.89. The molecule has 1 saturated heterocycles. The second-order valence-corrected chi connectivity index (χ2v) is 14.4. The van der Waals surface area contributed by atoms with E-state index in [1.807, 2.05) is 0 Å². The van der Waals surface area contributed by atoms with Gasteiger partial charge in [-0.2, -0.15) is 0 Å². The summed E-state index contributed by atoms with van der Waals surface area (Å²) in [7, 11) is 0. The van der Waals surface area contributed by atoms with Crippen LogP contribution < -0.4 is 0 Å². The van der Waals surface area contributed by atoms with Crippen molar-refractivity contribution in [3.05, 3.63) is 23.8 Å². The highest BCUT2D eigenvalue weighted by Gasteiger charge is 2.67. The van der Waals surface area contributed by atoms with Gasteiger partial charge < -0.3 is 35.0 Å². The first-order chi connectivity index (χ1) is 18.5. The third-order valence-electron chi connectivity index (χ3n) is 12.3. The van der Waals surface area contributed by atoms with Gasteiger partial charge >= 0.3 is 0 Å². The Hall–Kier alpha value is -0.710. The molecule has 0 bridgehead atoms. The van der Waals surface area contributed by atoms with Crippen molar-refractivity contribution in [1.29, 1.82) is 0 Å². The fourth-order valence-electron chi connectivity index (χ4n) is 10.0. The van der Waals surface area contributed by atoms with Crippen LogP contribution in [0.15, 0.2) is 23.8 Å². The molecule has 5 fully saturated rings. The second-order valence-electron chi connectivity index (χ2n) is 13.9. The van der Waals surface area contributed by atoms with E-state index in [-0.39, 0.29) is 16.9 Å². The van der Waals surface area contributed by atoms with Crippen LogP contribution in [-0.2, 0) is 9.47 Å². The SMILES string of the molecule is C[C@]12CC[C@H](OC3O[C@H](CO)[C@@H](O)[C@H](O)[C@H]3O)C[C@H]1CC[C@@H]1[C@@H]2CC[C@]2(C)[C@@H](C3=CC(=S)CC=C3)CC[C@]12O. The number of aliphatic hydroxyl groups is 5. The van der Waals surface area contributed by atoms with Crippen LogP contribution >= 0.6 is 12.2 Å². The van der Waals surface area contributed by atoms with Crippen molar-refractivity contribution in [2.75, 3.05) is 6.61 Å². The summed E-state index contributed by atoms with van der Waals surface area (Å²) in [6.45, 7) is 4.32. The van der Waals surface area contributed by atoms with E-state index in [2.05, 4.69) is 32.1 Å². The van der Waals surface area contributed by atoms with Gasteiger partial charge in [0.1, 0.15) is 24.4 Å². The lowest BCUT2D eigenvalue weighted by Gasteiger charge is -2.64. The lowest BCUT2D eigenvalue weighted by atomic mass is 9.43. The number of fused-ring (bicyclic) bond motifs is 5. The maximum Gasteiger partial charge on any atom is 0.186 e. The quantitative estimate of drug-likeness (QED) is 0.262. The van der Waals surface area contributed by atoms with E-state index in [4.69, 9.17) is 21.7 Å². The molecular formula is C31H46O7S. The summed E-state index contributed by atoms with van der Waals surface area (Å²) >= 11 is 5.53. The maximum absolute atomic E-state index is 12.5. The number of aliphatic hydroxyl groups excluding tert-OH is 4. The van der Waals surface area contributed by atoms with Crippen LogP contribution in [0.3, 0.4) is 0 Å². The van der Waals surface area contributed by atoms with Gasteiger partial charge in [-0.25, -0.2) is 0 Å². The Morgan fingerprint density at radius 2 is 1.77 bits per heavy atom. The lowest BCUT2D eigenvalue weighted by molar-refractivity contribution is -0.317. The molecule has 13 atom stereocenters. The first kappa shape index (κ1) is 28.4. The molecule has 4 saturated carbocycles. The first-order valence-corrected chi connectivity index (χ1v) is 15.5. The second kappa shape index (κ2) is 10.2. The van der Waals surface area contributed by atoms with Gasteiger partial charge in [0, 0.05) is 16.7 Å². The van der Waals surface area contributed by atoms with Gasteiger partial charge in [0.2, 0.25) is 0 Å². The van der Waals surface area contributed by atoms with E-state index in [1.54, 1.807) is 0 Å². The minimum absolute atomic E-state index is 0.122. The average Bonchev–Trinajstić information content (AvgIpc) is 3.20. The van der Waals surface area contributed by atoms with E-state index in [0.29, 0.717) is 23.7 Å². The molecule has 0 radical (unpaired) electrons. The van der Waals surface area contributed by atoms with Crippen molar-refractivity contribution >= 4 is 17.1 Å². The fourth-order valence-corrected chi connectivity index (χ4v) is 10.3. The van der Waals surface area contributed by atoms with Crippen LogP contribution in [0.4, 0.5) is 0 Å². The zero-order valence-corrected chi connectivity index (χ0v) is 24.1. The highest BCUT2D eigenvalue weighted by Crippen LogP contribution is 2.70. The van der Waals surface area contributed by atoms with Crippen molar-refractivity contribution in [2.24, 2.45) is 34.5 Å². The molecule has 0 spiro atoms. The summed E-state index contributed by atoms with van der Waals surface area (Å²) in [6, 6.07) is 0. The third kappa shape index (κ3) is 4.35. The summed E-state index contributed by atoms with van der Waals surface area (Å²) in [5, 5.41) is 52.8. The molecule has 0 aromatic carbocycles. The van der Waals surface area contributed by atoms with Crippen molar-refractivity contribution in [1.82, 2.24) is 0 Å². The van der Waals surface area contributed by atoms with Crippen LogP contribution in [0, 0.1) is 34.5 Å². The minimum Gasteiger partial charge on any atom is -0.394 e. The fraction of sp³-hybridized carbons (Fsp3) is 0.839. The Morgan fingerprint density at radius 1 is 0.974 bits per heavy atom. The molecule has 1 heterocycles. The summed E-state index contributed by atoms with van der Waals surface area (Å²) in [4.78, 5) is 0.996. The Morgan fingerprint density at radius 3 is 2.51 bits per heavy atom. The van der Waals surface area contributed by atoms with Crippen molar-refractivity contribution in [2.45, 2.75) is 120 Å². The predicted molar refractivity (Wildman–Crippen MR) is 150 cm³/mol. The zero-order chi connectivity index (χ0) is 27.7. The molecule has 0 amide bonds. The van der Waals surface area contributed by atoms with Gasteiger partial charge in [-0.1, -0.05) is 38.2 Å². The molecule has 7 nitrogen and oxygen atoms in total. The molecular weight excluding hydrogens is 516 g/mol. The van der Waals surface area contributed by atoms with Crippen LogP contribution in [0.1, 0.15) is 78.1 Å². The molecule has 39 heavy (non-hydrogen) atoms. The zero-order valence-electron chi connectivity index (χ0n) is 23.2. The summed E-state index contributed by atoms with van der Waals surface area (Å²) in [5.74, 6) is 1.57. The van der Waals surface area contributed by atoms with Crippen molar-refractivity contribution < 1.29 is 35.0 Å².